The van der Waals surface area contributed by atoms with Gasteiger partial charge in [-0.2, -0.15) is 0 Å². The number of aliphatic hydroxyl groups excluding tert-OH is 1. The maximum atomic E-state index is 12.8. The molecule has 3 rings (SSSR count). The highest BCUT2D eigenvalue weighted by molar-refractivity contribution is 7.17. The van der Waals surface area contributed by atoms with Crippen LogP contribution in [0.1, 0.15) is 41.0 Å². The third-order valence-corrected chi connectivity index (χ3v) is 5.61. The van der Waals surface area contributed by atoms with Crippen LogP contribution in [0.3, 0.4) is 0 Å². The van der Waals surface area contributed by atoms with E-state index in [-0.39, 0.29) is 17.9 Å². The summed E-state index contributed by atoms with van der Waals surface area (Å²) >= 11 is 1.32. The number of nitrogens with zero attached hydrogens (tertiary/aromatic N) is 4. The molecule has 1 aliphatic carbocycles. The summed E-state index contributed by atoms with van der Waals surface area (Å²) in [5.41, 5.74) is 0.698. The van der Waals surface area contributed by atoms with Crippen LogP contribution in [0, 0.1) is 12.8 Å². The molecule has 0 spiro atoms. The molecule has 6 nitrogen and oxygen atoms in total. The van der Waals surface area contributed by atoms with Gasteiger partial charge in [-0.05, 0) is 25.8 Å². The van der Waals surface area contributed by atoms with Crippen molar-refractivity contribution in [1.82, 2.24) is 19.9 Å². The molecule has 1 saturated carbocycles. The van der Waals surface area contributed by atoms with Crippen molar-refractivity contribution in [2.45, 2.75) is 38.7 Å². The van der Waals surface area contributed by atoms with Crippen molar-refractivity contribution in [3.8, 4) is 10.8 Å². The van der Waals surface area contributed by atoms with Gasteiger partial charge in [-0.25, -0.2) is 15.0 Å². The Morgan fingerprint density at radius 3 is 2.75 bits per heavy atom. The Hall–Kier alpha value is -1.86. The highest BCUT2D eigenvalue weighted by Crippen LogP contribution is 2.28. The predicted molar refractivity (Wildman–Crippen MR) is 92.8 cm³/mol. The smallest absolute Gasteiger partial charge is 0.265 e. The first-order valence-corrected chi connectivity index (χ1v) is 9.06. The van der Waals surface area contributed by atoms with Crippen LogP contribution in [0.5, 0.6) is 0 Å². The Balaban J connectivity index is 1.73. The van der Waals surface area contributed by atoms with E-state index in [0.717, 1.165) is 25.7 Å². The Bertz CT molecular complexity index is 704. The number of hydrogen-bond donors (Lipinski definition) is 1. The second kappa shape index (κ2) is 7.36. The first-order chi connectivity index (χ1) is 11.6. The number of hydrogen-bond acceptors (Lipinski definition) is 6. The molecule has 0 aromatic carbocycles. The molecule has 2 unspecified atom stereocenters. The average molecular weight is 346 g/mol. The number of aromatic nitrogens is 3. The van der Waals surface area contributed by atoms with Crippen molar-refractivity contribution in [3.05, 3.63) is 29.0 Å². The second-order valence-electron chi connectivity index (χ2n) is 6.30. The molecule has 2 aromatic rings. The summed E-state index contributed by atoms with van der Waals surface area (Å²) in [6, 6.07) is 1.75. The number of thiazole rings is 1. The molecule has 0 saturated heterocycles. The summed E-state index contributed by atoms with van der Waals surface area (Å²) < 4.78 is 0. The second-order valence-corrected chi connectivity index (χ2v) is 7.30. The van der Waals surface area contributed by atoms with Crippen LogP contribution in [0.4, 0.5) is 0 Å². The molecule has 2 heterocycles. The zero-order chi connectivity index (χ0) is 17.1. The summed E-state index contributed by atoms with van der Waals surface area (Å²) in [7, 11) is 1.79. The maximum absolute atomic E-state index is 12.8. The van der Waals surface area contributed by atoms with E-state index >= 15 is 0 Å². The maximum Gasteiger partial charge on any atom is 0.265 e. The van der Waals surface area contributed by atoms with Gasteiger partial charge in [0.15, 0.2) is 10.8 Å². The van der Waals surface area contributed by atoms with Gasteiger partial charge in [-0.1, -0.05) is 12.8 Å². The van der Waals surface area contributed by atoms with Gasteiger partial charge < -0.3 is 10.0 Å². The SMILES string of the molecule is Cc1nc(-c2ncccn2)sc1C(=O)N(C)CC1CCCCC1O. The van der Waals surface area contributed by atoms with Crippen LogP contribution in [0.2, 0.25) is 0 Å². The fourth-order valence-electron chi connectivity index (χ4n) is 3.11. The summed E-state index contributed by atoms with van der Waals surface area (Å²) in [4.78, 5) is 27.9. The Morgan fingerprint density at radius 2 is 2.04 bits per heavy atom. The molecule has 1 N–H and O–H groups in total. The Labute approximate surface area is 145 Å². The molecule has 2 aromatic heterocycles. The third kappa shape index (κ3) is 3.62. The van der Waals surface area contributed by atoms with E-state index in [1.807, 2.05) is 6.92 Å². The van der Waals surface area contributed by atoms with Crippen molar-refractivity contribution >= 4 is 17.2 Å². The van der Waals surface area contributed by atoms with Crippen molar-refractivity contribution in [2.24, 2.45) is 5.92 Å². The highest BCUT2D eigenvalue weighted by atomic mass is 32.1. The lowest BCUT2D eigenvalue weighted by atomic mass is 9.86. The number of amides is 1. The fourth-order valence-corrected chi connectivity index (χ4v) is 4.12. The first kappa shape index (κ1) is 17.0. The molecule has 128 valence electrons. The van der Waals surface area contributed by atoms with Crippen LogP contribution in [-0.4, -0.2) is 50.6 Å². The van der Waals surface area contributed by atoms with Gasteiger partial charge >= 0.3 is 0 Å². The van der Waals surface area contributed by atoms with Gasteiger partial charge in [0.1, 0.15) is 4.88 Å². The zero-order valence-electron chi connectivity index (χ0n) is 14.0. The summed E-state index contributed by atoms with van der Waals surface area (Å²) in [6.45, 7) is 2.41. The van der Waals surface area contributed by atoms with E-state index in [9.17, 15) is 9.90 Å². The minimum Gasteiger partial charge on any atom is -0.393 e. The molecule has 0 bridgehead atoms. The van der Waals surface area contributed by atoms with Crippen molar-refractivity contribution in [1.29, 1.82) is 0 Å². The number of aryl methyl sites for hydroxylation is 1. The van der Waals surface area contributed by atoms with Crippen molar-refractivity contribution in [2.75, 3.05) is 13.6 Å². The normalized spacial score (nSPS) is 20.8. The minimum atomic E-state index is -0.301. The quantitative estimate of drug-likeness (QED) is 0.920. The van der Waals surface area contributed by atoms with E-state index in [2.05, 4.69) is 15.0 Å². The van der Waals surface area contributed by atoms with E-state index < -0.39 is 0 Å². The van der Waals surface area contributed by atoms with Crippen LogP contribution >= 0.6 is 11.3 Å². The topological polar surface area (TPSA) is 79.2 Å². The fraction of sp³-hybridized carbons (Fsp3) is 0.529. The van der Waals surface area contributed by atoms with Gasteiger partial charge in [0.2, 0.25) is 0 Å². The number of carbonyl (C=O) groups excluding carboxylic acids is 1. The highest BCUT2D eigenvalue weighted by Gasteiger charge is 2.27. The molecule has 0 radical (unpaired) electrons. The molecule has 1 amide bonds. The van der Waals surface area contributed by atoms with E-state index in [4.69, 9.17) is 0 Å². The molecule has 1 aliphatic rings. The molecule has 1 fully saturated rings. The molecule has 7 heteroatoms. The van der Waals surface area contributed by atoms with E-state index in [1.54, 1.807) is 30.4 Å². The molecule has 0 aliphatic heterocycles. The number of carbonyl (C=O) groups is 1. The van der Waals surface area contributed by atoms with E-state index in [1.165, 1.54) is 11.3 Å². The van der Waals surface area contributed by atoms with Gasteiger partial charge in [-0.3, -0.25) is 4.79 Å². The van der Waals surface area contributed by atoms with Gasteiger partial charge in [0.25, 0.3) is 5.91 Å². The Kier molecular flexibility index (Phi) is 5.20. The average Bonchev–Trinajstić information content (AvgIpc) is 2.99. The first-order valence-electron chi connectivity index (χ1n) is 8.24. The monoisotopic (exact) mass is 346 g/mol. The van der Waals surface area contributed by atoms with Crippen molar-refractivity contribution in [3.63, 3.8) is 0 Å². The molecular formula is C17H22N4O2S. The van der Waals surface area contributed by atoms with Gasteiger partial charge in [-0.15, -0.1) is 11.3 Å². The number of rotatable bonds is 4. The van der Waals surface area contributed by atoms with Crippen LogP contribution in [-0.2, 0) is 0 Å². The lowest BCUT2D eigenvalue weighted by Gasteiger charge is -2.31. The lowest BCUT2D eigenvalue weighted by Crippen LogP contribution is -2.38. The lowest BCUT2D eigenvalue weighted by molar-refractivity contribution is 0.0453. The predicted octanol–water partition coefficient (Wildman–Crippen LogP) is 2.53. The van der Waals surface area contributed by atoms with E-state index in [0.29, 0.717) is 27.9 Å². The standard InChI is InChI=1S/C17H22N4O2S/c1-11-14(24-16(20-11)15-18-8-5-9-19-15)17(23)21(2)10-12-6-3-4-7-13(12)22/h5,8-9,12-13,22H,3-4,6-7,10H2,1-2H3. The van der Waals surface area contributed by atoms with Crippen LogP contribution in [0.15, 0.2) is 18.5 Å². The van der Waals surface area contributed by atoms with Gasteiger partial charge in [0, 0.05) is 31.9 Å². The van der Waals surface area contributed by atoms with Crippen LogP contribution < -0.4 is 0 Å². The van der Waals surface area contributed by atoms with Gasteiger partial charge in [0.05, 0.1) is 11.8 Å². The zero-order valence-corrected chi connectivity index (χ0v) is 14.8. The van der Waals surface area contributed by atoms with Crippen molar-refractivity contribution < 1.29 is 9.90 Å². The summed E-state index contributed by atoms with van der Waals surface area (Å²) in [6.07, 6.45) is 7.03. The summed E-state index contributed by atoms with van der Waals surface area (Å²) in [5.74, 6) is 0.651. The largest absolute Gasteiger partial charge is 0.393 e. The Morgan fingerprint density at radius 1 is 1.33 bits per heavy atom. The minimum absolute atomic E-state index is 0.0510. The third-order valence-electron chi connectivity index (χ3n) is 4.47. The number of aliphatic hydroxyl groups is 1. The molecule has 24 heavy (non-hydrogen) atoms. The summed E-state index contributed by atoms with van der Waals surface area (Å²) in [5, 5.41) is 10.8. The molecular weight excluding hydrogens is 324 g/mol. The van der Waals surface area contributed by atoms with Crippen LogP contribution in [0.25, 0.3) is 10.8 Å². The molecule has 2 atom stereocenters.